The molecule has 2 saturated carbocycles. The van der Waals surface area contributed by atoms with Crippen molar-refractivity contribution in [1.82, 2.24) is 0 Å². The molecule has 1 heterocycles. The van der Waals surface area contributed by atoms with Gasteiger partial charge in [-0.15, -0.1) is 6.58 Å². The molecule has 0 unspecified atom stereocenters. The number of hydrogen-bond donors (Lipinski definition) is 1. The van der Waals surface area contributed by atoms with Gasteiger partial charge in [0.25, 0.3) is 0 Å². The first-order chi connectivity index (χ1) is 12.4. The third-order valence-electron chi connectivity index (χ3n) is 8.28. The molecule has 1 N–H and O–H groups in total. The number of carbonyl (C=O) groups is 1. The number of carbonyl (C=O) groups excluding carboxylic acids is 1. The van der Waals surface area contributed by atoms with Gasteiger partial charge < -0.3 is 14.6 Å². The second kappa shape index (κ2) is 5.08. The first kappa shape index (κ1) is 18.8. The number of esters is 1. The minimum Gasteiger partial charge on any atom is -0.508 e. The van der Waals surface area contributed by atoms with Crippen LogP contribution in [-0.4, -0.2) is 28.4 Å². The predicted molar refractivity (Wildman–Crippen MR) is 104 cm³/mol. The molecule has 3 aliphatic carbocycles. The van der Waals surface area contributed by atoms with E-state index >= 15 is 0 Å². The first-order valence-corrected chi connectivity index (χ1v) is 10.0. The average Bonchev–Trinajstić information content (AvgIpc) is 3.29. The summed E-state index contributed by atoms with van der Waals surface area (Å²) < 4.78 is 12.6. The van der Waals surface area contributed by atoms with Crippen molar-refractivity contribution in [2.45, 2.75) is 84.0 Å². The number of aliphatic hydroxyl groups excluding tert-OH is 1. The molecule has 4 nitrogen and oxygen atoms in total. The van der Waals surface area contributed by atoms with E-state index in [1.165, 1.54) is 6.92 Å². The molecule has 0 bridgehead atoms. The quantitative estimate of drug-likeness (QED) is 0.420. The first-order valence-electron chi connectivity index (χ1n) is 10.0. The molecular formula is C23H32O4. The van der Waals surface area contributed by atoms with Gasteiger partial charge in [-0.25, -0.2) is 0 Å². The van der Waals surface area contributed by atoms with Crippen LogP contribution in [0.4, 0.5) is 0 Å². The lowest BCUT2D eigenvalue weighted by molar-refractivity contribution is -0.161. The van der Waals surface area contributed by atoms with E-state index < -0.39 is 16.6 Å². The Bertz CT molecular complexity index is 792. The highest BCUT2D eigenvalue weighted by Gasteiger charge is 2.88. The Morgan fingerprint density at radius 3 is 2.56 bits per heavy atom. The fraction of sp³-hybridized carbons (Fsp3) is 0.696. The fourth-order valence-electron chi connectivity index (χ4n) is 6.73. The third-order valence-corrected chi connectivity index (χ3v) is 8.28. The SMILES string of the molecule is C=C[C@]1(C)CC2=C(O)C(=C)[C@@]34O[C@@]3(CCCC4(C)C)[C@]2(C)[C@@H](OC(C)=O)C1. The standard InChI is InChI=1S/C23H32O4/c1-8-20(6)12-16-18(25)14(2)23-19(4,5)10-9-11-22(23,27-23)21(16,7)17(13-20)26-15(3)24/h8,17,25H,1-2,9-13H2,3-7H3/t17-,20+,21-,22-,23-/m0/s1. The molecule has 0 spiro atoms. The largest absolute Gasteiger partial charge is 0.508 e. The second-order valence-electron chi connectivity index (χ2n) is 10.2. The summed E-state index contributed by atoms with van der Waals surface area (Å²) in [6, 6.07) is 0. The van der Waals surface area contributed by atoms with Crippen LogP contribution in [0.5, 0.6) is 0 Å². The monoisotopic (exact) mass is 372 g/mol. The number of ether oxygens (including phenoxy) is 2. The highest BCUT2D eigenvalue weighted by atomic mass is 16.6. The van der Waals surface area contributed by atoms with Crippen molar-refractivity contribution in [3.63, 3.8) is 0 Å². The maximum atomic E-state index is 12.0. The van der Waals surface area contributed by atoms with Crippen LogP contribution in [-0.2, 0) is 14.3 Å². The van der Waals surface area contributed by atoms with E-state index in [-0.39, 0.29) is 28.7 Å². The van der Waals surface area contributed by atoms with E-state index in [0.717, 1.165) is 24.8 Å². The summed E-state index contributed by atoms with van der Waals surface area (Å²) in [5.74, 6) is -0.0407. The molecule has 0 aromatic rings. The Labute approximate surface area is 162 Å². The molecule has 27 heavy (non-hydrogen) atoms. The molecule has 0 aromatic carbocycles. The molecule has 0 radical (unpaired) electrons. The molecule has 0 aromatic heterocycles. The van der Waals surface area contributed by atoms with Gasteiger partial charge in [0.1, 0.15) is 23.1 Å². The van der Waals surface area contributed by atoms with Gasteiger partial charge in [-0.2, -0.15) is 0 Å². The van der Waals surface area contributed by atoms with Crippen molar-refractivity contribution in [2.75, 3.05) is 0 Å². The average molecular weight is 373 g/mol. The van der Waals surface area contributed by atoms with Gasteiger partial charge in [0, 0.05) is 17.9 Å². The van der Waals surface area contributed by atoms with Crippen LogP contribution in [0.1, 0.15) is 66.7 Å². The van der Waals surface area contributed by atoms with Gasteiger partial charge in [0.2, 0.25) is 0 Å². The molecule has 5 atom stereocenters. The van der Waals surface area contributed by atoms with Gasteiger partial charge in [-0.3, -0.25) is 4.79 Å². The number of fused-ring (bicyclic) bond motifs is 1. The minimum absolute atomic E-state index is 0.134. The summed E-state index contributed by atoms with van der Waals surface area (Å²) in [6.45, 7) is 18.4. The van der Waals surface area contributed by atoms with Crippen LogP contribution >= 0.6 is 0 Å². The molecule has 1 saturated heterocycles. The van der Waals surface area contributed by atoms with Crippen molar-refractivity contribution < 1.29 is 19.4 Å². The lowest BCUT2D eigenvalue weighted by atomic mass is 9.45. The van der Waals surface area contributed by atoms with Crippen LogP contribution in [0, 0.1) is 16.2 Å². The van der Waals surface area contributed by atoms with Gasteiger partial charge in [0.05, 0.1) is 5.41 Å². The maximum absolute atomic E-state index is 12.0. The second-order valence-corrected chi connectivity index (χ2v) is 10.2. The van der Waals surface area contributed by atoms with Crippen molar-refractivity contribution >= 4 is 5.97 Å². The van der Waals surface area contributed by atoms with Crippen LogP contribution in [0.15, 0.2) is 36.1 Å². The fourth-order valence-corrected chi connectivity index (χ4v) is 6.73. The maximum Gasteiger partial charge on any atom is 0.302 e. The highest BCUT2D eigenvalue weighted by molar-refractivity contribution is 5.67. The normalized spacial score (nSPS) is 47.4. The van der Waals surface area contributed by atoms with E-state index in [9.17, 15) is 9.90 Å². The summed E-state index contributed by atoms with van der Waals surface area (Å²) in [7, 11) is 0. The molecule has 1 aliphatic heterocycles. The van der Waals surface area contributed by atoms with Crippen molar-refractivity contribution in [1.29, 1.82) is 0 Å². The van der Waals surface area contributed by atoms with E-state index in [2.05, 4.69) is 40.9 Å². The van der Waals surface area contributed by atoms with Gasteiger partial charge in [-0.1, -0.05) is 33.4 Å². The zero-order valence-corrected chi connectivity index (χ0v) is 17.3. The third kappa shape index (κ3) is 1.90. The van der Waals surface area contributed by atoms with E-state index in [4.69, 9.17) is 9.47 Å². The van der Waals surface area contributed by atoms with E-state index in [0.29, 0.717) is 18.4 Å². The predicted octanol–water partition coefficient (Wildman–Crippen LogP) is 5.01. The van der Waals surface area contributed by atoms with Crippen LogP contribution in [0.3, 0.4) is 0 Å². The number of allylic oxidation sites excluding steroid dienone is 1. The van der Waals surface area contributed by atoms with Gasteiger partial charge in [0.15, 0.2) is 0 Å². The Morgan fingerprint density at radius 1 is 1.30 bits per heavy atom. The number of epoxide rings is 1. The summed E-state index contributed by atoms with van der Waals surface area (Å²) in [5, 5.41) is 11.3. The van der Waals surface area contributed by atoms with E-state index in [1.807, 2.05) is 6.08 Å². The van der Waals surface area contributed by atoms with Crippen molar-refractivity contribution in [3.05, 3.63) is 36.1 Å². The molecule has 4 aliphatic rings. The smallest absolute Gasteiger partial charge is 0.302 e. The Hall–Kier alpha value is -1.55. The number of rotatable bonds is 2. The lowest BCUT2D eigenvalue weighted by Gasteiger charge is -2.57. The summed E-state index contributed by atoms with van der Waals surface area (Å²) in [5.41, 5.74) is -0.384. The van der Waals surface area contributed by atoms with Crippen molar-refractivity contribution in [2.24, 2.45) is 16.2 Å². The topological polar surface area (TPSA) is 59.1 Å². The highest BCUT2D eigenvalue weighted by Crippen LogP contribution is 2.80. The summed E-state index contributed by atoms with van der Waals surface area (Å²) in [6.07, 6.45) is 5.88. The van der Waals surface area contributed by atoms with Gasteiger partial charge in [-0.05, 0) is 50.0 Å². The lowest BCUT2D eigenvalue weighted by Crippen LogP contribution is -2.62. The molecular weight excluding hydrogens is 340 g/mol. The molecule has 148 valence electrons. The minimum atomic E-state index is -0.582. The van der Waals surface area contributed by atoms with Crippen molar-refractivity contribution in [3.8, 4) is 0 Å². The Morgan fingerprint density at radius 2 is 1.96 bits per heavy atom. The zero-order chi connectivity index (χ0) is 20.0. The van der Waals surface area contributed by atoms with E-state index in [1.54, 1.807) is 0 Å². The number of aliphatic hydroxyl groups is 1. The van der Waals surface area contributed by atoms with Crippen LogP contribution < -0.4 is 0 Å². The van der Waals surface area contributed by atoms with Crippen LogP contribution in [0.25, 0.3) is 0 Å². The molecule has 0 amide bonds. The molecule has 4 rings (SSSR count). The molecule has 4 heteroatoms. The summed E-state index contributed by atoms with van der Waals surface area (Å²) >= 11 is 0. The Balaban J connectivity index is 1.97. The number of hydrogen-bond acceptors (Lipinski definition) is 4. The van der Waals surface area contributed by atoms with Gasteiger partial charge >= 0.3 is 5.97 Å². The summed E-state index contributed by atoms with van der Waals surface area (Å²) in [4.78, 5) is 12.0. The zero-order valence-electron chi connectivity index (χ0n) is 17.3. The van der Waals surface area contributed by atoms with Crippen LogP contribution in [0.2, 0.25) is 0 Å². The Kier molecular flexibility index (Phi) is 3.54. The molecule has 3 fully saturated rings.